The van der Waals surface area contributed by atoms with Crippen LogP contribution in [-0.4, -0.2) is 19.6 Å². The Morgan fingerprint density at radius 2 is 2.50 bits per heavy atom. The van der Waals surface area contributed by atoms with Gasteiger partial charge in [-0.1, -0.05) is 4.49 Å². The molecule has 0 bridgehead atoms. The summed E-state index contributed by atoms with van der Waals surface area (Å²) in [5, 5.41) is 3.69. The van der Waals surface area contributed by atoms with Crippen LogP contribution in [0.25, 0.3) is 10.7 Å². The third kappa shape index (κ3) is 0.801. The maximum atomic E-state index is 4.03. The first-order valence-electron chi connectivity index (χ1n) is 2.74. The summed E-state index contributed by atoms with van der Waals surface area (Å²) in [7, 11) is 0. The molecule has 0 aliphatic rings. The zero-order valence-electron chi connectivity index (χ0n) is 4.98. The number of hydrogen-bond acceptors (Lipinski definition) is 4. The quantitative estimate of drug-likeness (QED) is 0.661. The summed E-state index contributed by atoms with van der Waals surface area (Å²) >= 11 is 1.33. The molecule has 10 heavy (non-hydrogen) atoms. The van der Waals surface area contributed by atoms with E-state index in [0.29, 0.717) is 0 Å². The van der Waals surface area contributed by atoms with Crippen LogP contribution in [0.4, 0.5) is 0 Å². The van der Waals surface area contributed by atoms with Crippen molar-refractivity contribution in [1.82, 2.24) is 19.6 Å². The van der Waals surface area contributed by atoms with Crippen molar-refractivity contribution >= 4 is 11.5 Å². The van der Waals surface area contributed by atoms with Gasteiger partial charge in [-0.15, -0.1) is 5.10 Å². The predicted octanol–water partition coefficient (Wildman–Crippen LogP) is 0.928. The summed E-state index contributed by atoms with van der Waals surface area (Å²) in [5.41, 5.74) is 0. The SMILES string of the molecule is c1c[nH]c(-c2cnns2)n1. The Labute approximate surface area is 61.1 Å². The van der Waals surface area contributed by atoms with Crippen molar-refractivity contribution < 1.29 is 0 Å². The van der Waals surface area contributed by atoms with Gasteiger partial charge < -0.3 is 4.98 Å². The summed E-state index contributed by atoms with van der Waals surface area (Å²) in [4.78, 5) is 7.96. The number of H-pyrrole nitrogens is 1. The van der Waals surface area contributed by atoms with Crippen molar-refractivity contribution in [3.8, 4) is 10.7 Å². The molecule has 2 heterocycles. The minimum Gasteiger partial charge on any atom is -0.344 e. The van der Waals surface area contributed by atoms with E-state index in [0.717, 1.165) is 10.7 Å². The second-order valence-corrected chi connectivity index (χ2v) is 2.51. The van der Waals surface area contributed by atoms with Gasteiger partial charge in [0.2, 0.25) is 0 Å². The average molecular weight is 152 g/mol. The largest absolute Gasteiger partial charge is 0.344 e. The Kier molecular flexibility index (Phi) is 1.21. The lowest BCUT2D eigenvalue weighted by Gasteiger charge is -1.82. The Morgan fingerprint density at radius 3 is 3.10 bits per heavy atom. The number of rotatable bonds is 1. The van der Waals surface area contributed by atoms with Gasteiger partial charge >= 0.3 is 0 Å². The van der Waals surface area contributed by atoms with E-state index in [1.807, 2.05) is 0 Å². The molecular weight excluding hydrogens is 148 g/mol. The summed E-state index contributed by atoms with van der Waals surface area (Å²) in [6.45, 7) is 0. The number of nitrogens with one attached hydrogen (secondary N) is 1. The van der Waals surface area contributed by atoms with E-state index in [-0.39, 0.29) is 0 Å². The maximum Gasteiger partial charge on any atom is 0.150 e. The van der Waals surface area contributed by atoms with Crippen LogP contribution in [0, 0.1) is 0 Å². The molecule has 50 valence electrons. The van der Waals surface area contributed by atoms with E-state index >= 15 is 0 Å². The molecule has 0 fully saturated rings. The van der Waals surface area contributed by atoms with Crippen LogP contribution < -0.4 is 0 Å². The fraction of sp³-hybridized carbons (Fsp3) is 0. The van der Waals surface area contributed by atoms with Crippen LogP contribution in [0.1, 0.15) is 0 Å². The molecule has 0 aliphatic heterocycles. The fourth-order valence-electron chi connectivity index (χ4n) is 0.672. The highest BCUT2D eigenvalue weighted by atomic mass is 32.1. The molecule has 0 amide bonds. The lowest BCUT2D eigenvalue weighted by molar-refractivity contribution is 1.15. The van der Waals surface area contributed by atoms with E-state index in [1.54, 1.807) is 18.6 Å². The monoisotopic (exact) mass is 152 g/mol. The van der Waals surface area contributed by atoms with Crippen LogP contribution in [0.5, 0.6) is 0 Å². The molecule has 0 aliphatic carbocycles. The molecule has 4 nitrogen and oxygen atoms in total. The first-order valence-corrected chi connectivity index (χ1v) is 3.51. The molecule has 2 aromatic heterocycles. The van der Waals surface area contributed by atoms with Gasteiger partial charge in [-0.25, -0.2) is 4.98 Å². The first kappa shape index (κ1) is 5.55. The van der Waals surface area contributed by atoms with Gasteiger partial charge in [-0.05, 0) is 11.5 Å². The highest BCUT2D eigenvalue weighted by molar-refractivity contribution is 7.09. The Balaban J connectivity index is 2.48. The summed E-state index contributed by atoms with van der Waals surface area (Å²) in [6.07, 6.45) is 5.16. The third-order valence-corrected chi connectivity index (χ3v) is 1.76. The van der Waals surface area contributed by atoms with E-state index in [4.69, 9.17) is 0 Å². The van der Waals surface area contributed by atoms with Crippen molar-refractivity contribution in [3.05, 3.63) is 18.6 Å². The van der Waals surface area contributed by atoms with Crippen LogP contribution in [-0.2, 0) is 0 Å². The van der Waals surface area contributed by atoms with E-state index in [9.17, 15) is 0 Å². The molecule has 2 rings (SSSR count). The Hall–Kier alpha value is -1.23. The summed E-state index contributed by atoms with van der Waals surface area (Å²) in [6, 6.07) is 0. The third-order valence-electron chi connectivity index (χ3n) is 1.09. The van der Waals surface area contributed by atoms with Gasteiger partial charge in [-0.3, -0.25) is 0 Å². The van der Waals surface area contributed by atoms with Gasteiger partial charge in [0, 0.05) is 12.4 Å². The van der Waals surface area contributed by atoms with Crippen molar-refractivity contribution in [2.24, 2.45) is 0 Å². The highest BCUT2D eigenvalue weighted by Gasteiger charge is 1.99. The maximum absolute atomic E-state index is 4.03. The van der Waals surface area contributed by atoms with Gasteiger partial charge in [0.15, 0.2) is 5.82 Å². The van der Waals surface area contributed by atoms with Gasteiger partial charge in [-0.2, -0.15) is 0 Å². The fourth-order valence-corrected chi connectivity index (χ4v) is 1.15. The van der Waals surface area contributed by atoms with E-state index in [2.05, 4.69) is 19.6 Å². The number of imidazole rings is 1. The minimum atomic E-state index is 0.829. The lowest BCUT2D eigenvalue weighted by Crippen LogP contribution is -1.71. The molecule has 0 spiro atoms. The summed E-state index contributed by atoms with van der Waals surface area (Å²) < 4.78 is 3.71. The van der Waals surface area contributed by atoms with Gasteiger partial charge in [0.1, 0.15) is 4.88 Å². The molecule has 0 unspecified atom stereocenters. The van der Waals surface area contributed by atoms with Crippen molar-refractivity contribution in [2.75, 3.05) is 0 Å². The van der Waals surface area contributed by atoms with Crippen LogP contribution in [0.2, 0.25) is 0 Å². The number of nitrogens with zero attached hydrogens (tertiary/aromatic N) is 3. The second-order valence-electron chi connectivity index (χ2n) is 1.72. The van der Waals surface area contributed by atoms with Gasteiger partial charge in [0.25, 0.3) is 0 Å². The summed E-state index contributed by atoms with van der Waals surface area (Å²) in [5.74, 6) is 0.829. The smallest absolute Gasteiger partial charge is 0.150 e. The number of aromatic nitrogens is 4. The average Bonchev–Trinajstić information content (AvgIpc) is 2.59. The van der Waals surface area contributed by atoms with Crippen LogP contribution in [0.3, 0.4) is 0 Å². The topological polar surface area (TPSA) is 54.5 Å². The molecule has 0 saturated heterocycles. The molecule has 0 saturated carbocycles. The highest BCUT2D eigenvalue weighted by Crippen LogP contribution is 2.15. The molecule has 5 heteroatoms. The molecular formula is C5H4N4S. The van der Waals surface area contributed by atoms with Gasteiger partial charge in [0.05, 0.1) is 6.20 Å². The van der Waals surface area contributed by atoms with E-state index in [1.165, 1.54) is 11.5 Å². The van der Waals surface area contributed by atoms with Crippen LogP contribution in [0.15, 0.2) is 18.6 Å². The minimum absolute atomic E-state index is 0.829. The zero-order chi connectivity index (χ0) is 6.81. The molecule has 0 atom stereocenters. The van der Waals surface area contributed by atoms with Crippen LogP contribution >= 0.6 is 11.5 Å². The standard InChI is InChI=1S/C5H4N4S/c1-2-7-5(6-1)4-3-8-9-10-4/h1-3H,(H,6,7). The van der Waals surface area contributed by atoms with Crippen molar-refractivity contribution in [2.45, 2.75) is 0 Å². The molecule has 1 N–H and O–H groups in total. The molecule has 2 aromatic rings. The van der Waals surface area contributed by atoms with Crippen molar-refractivity contribution in [1.29, 1.82) is 0 Å². The number of aromatic amines is 1. The predicted molar refractivity (Wildman–Crippen MR) is 37.5 cm³/mol. The Morgan fingerprint density at radius 1 is 1.50 bits per heavy atom. The Bertz CT molecular complexity index is 253. The molecule has 0 aromatic carbocycles. The normalized spacial score (nSPS) is 10.0. The lowest BCUT2D eigenvalue weighted by atomic mass is 10.5. The molecule has 0 radical (unpaired) electrons. The van der Waals surface area contributed by atoms with E-state index < -0.39 is 0 Å². The van der Waals surface area contributed by atoms with Crippen molar-refractivity contribution in [3.63, 3.8) is 0 Å². The number of hydrogen-bond donors (Lipinski definition) is 1. The second kappa shape index (κ2) is 2.18. The zero-order valence-corrected chi connectivity index (χ0v) is 5.80. The first-order chi connectivity index (χ1) is 4.97.